The Morgan fingerprint density at radius 3 is 2.08 bits per heavy atom. The third-order valence-corrected chi connectivity index (χ3v) is 2.95. The summed E-state index contributed by atoms with van der Waals surface area (Å²) >= 11 is 0. The molecule has 1 atom stereocenters. The summed E-state index contributed by atoms with van der Waals surface area (Å²) < 4.78 is 0. The lowest BCUT2D eigenvalue weighted by atomic mass is 9.84. The largest absolute Gasteiger partial charge is 0.312 e. The molecule has 1 aliphatic carbocycles. The van der Waals surface area contributed by atoms with Gasteiger partial charge < -0.3 is 5.32 Å². The second-order valence-electron chi connectivity index (χ2n) is 4.51. The highest BCUT2D eigenvalue weighted by molar-refractivity contribution is 4.76. The van der Waals surface area contributed by atoms with E-state index in [2.05, 4.69) is 26.1 Å². The molecule has 1 N–H and O–H groups in total. The Hall–Kier alpha value is -0.0400. The van der Waals surface area contributed by atoms with Gasteiger partial charge in [0, 0.05) is 12.1 Å². The second-order valence-corrected chi connectivity index (χ2v) is 4.51. The Morgan fingerprint density at radius 2 is 1.58 bits per heavy atom. The molecule has 0 aliphatic heterocycles. The summed E-state index contributed by atoms with van der Waals surface area (Å²) in [5.74, 6) is 0.946. The fraction of sp³-hybridized carbons (Fsp3) is 1.00. The molecular formula is C11H23N. The van der Waals surface area contributed by atoms with E-state index in [1.54, 1.807) is 0 Å². The van der Waals surface area contributed by atoms with E-state index in [0.29, 0.717) is 6.04 Å². The molecule has 1 aliphatic rings. The van der Waals surface area contributed by atoms with Crippen LogP contribution in [-0.2, 0) is 0 Å². The van der Waals surface area contributed by atoms with Crippen molar-refractivity contribution < 1.29 is 0 Å². The lowest BCUT2D eigenvalue weighted by molar-refractivity contribution is 0.271. The van der Waals surface area contributed by atoms with E-state index in [-0.39, 0.29) is 0 Å². The van der Waals surface area contributed by atoms with Gasteiger partial charge in [-0.05, 0) is 25.7 Å². The van der Waals surface area contributed by atoms with Crippen LogP contribution in [0.4, 0.5) is 0 Å². The van der Waals surface area contributed by atoms with Crippen LogP contribution in [0, 0.1) is 5.92 Å². The summed E-state index contributed by atoms with van der Waals surface area (Å²) in [7, 11) is 0. The highest BCUT2D eigenvalue weighted by atomic mass is 14.9. The van der Waals surface area contributed by atoms with Crippen LogP contribution >= 0.6 is 0 Å². The maximum absolute atomic E-state index is 3.61. The molecule has 12 heavy (non-hydrogen) atoms. The first kappa shape index (κ1) is 10.0. The molecule has 1 heteroatoms. The van der Waals surface area contributed by atoms with Crippen molar-refractivity contribution in [2.75, 3.05) is 0 Å². The minimum atomic E-state index is 0.641. The van der Waals surface area contributed by atoms with Gasteiger partial charge in [0.05, 0.1) is 0 Å². The lowest BCUT2D eigenvalue weighted by Gasteiger charge is -2.29. The van der Waals surface area contributed by atoms with Gasteiger partial charge in [0.1, 0.15) is 0 Å². The smallest absolute Gasteiger partial charge is 0.00693 e. The van der Waals surface area contributed by atoms with Crippen LogP contribution in [0.5, 0.6) is 0 Å². The third kappa shape index (κ3) is 3.14. The van der Waals surface area contributed by atoms with Gasteiger partial charge in [0.25, 0.3) is 0 Å². The molecule has 1 fully saturated rings. The first-order chi connectivity index (χ1) is 5.70. The summed E-state index contributed by atoms with van der Waals surface area (Å²) in [6.45, 7) is 6.81. The molecule has 0 heterocycles. The molecule has 1 nitrogen and oxygen atoms in total. The maximum atomic E-state index is 3.61. The van der Waals surface area contributed by atoms with Crippen molar-refractivity contribution >= 4 is 0 Å². The predicted molar refractivity (Wildman–Crippen MR) is 54.3 cm³/mol. The molecule has 1 rings (SSSR count). The standard InChI is InChI=1S/C11H23N/c1-9(2)12-10(3)11-7-5-4-6-8-11/h9-12H,4-8H2,1-3H3/t10-/m0/s1. The van der Waals surface area contributed by atoms with E-state index in [1.165, 1.54) is 32.1 Å². The molecule has 0 unspecified atom stereocenters. The average molecular weight is 169 g/mol. The van der Waals surface area contributed by atoms with E-state index < -0.39 is 0 Å². The zero-order valence-electron chi connectivity index (χ0n) is 8.77. The van der Waals surface area contributed by atoms with Crippen LogP contribution in [0.2, 0.25) is 0 Å². The summed E-state index contributed by atoms with van der Waals surface area (Å²) in [4.78, 5) is 0. The Balaban J connectivity index is 2.24. The van der Waals surface area contributed by atoms with Gasteiger partial charge in [-0.1, -0.05) is 33.1 Å². The van der Waals surface area contributed by atoms with Gasteiger partial charge >= 0.3 is 0 Å². The average Bonchev–Trinajstić information content (AvgIpc) is 2.05. The number of rotatable bonds is 3. The Kier molecular flexibility index (Phi) is 4.07. The van der Waals surface area contributed by atoms with Gasteiger partial charge in [0.2, 0.25) is 0 Å². The molecule has 0 aromatic carbocycles. The molecule has 0 aromatic heterocycles. The van der Waals surface area contributed by atoms with Gasteiger partial charge in [-0.2, -0.15) is 0 Å². The summed E-state index contributed by atoms with van der Waals surface area (Å²) in [5, 5.41) is 3.61. The van der Waals surface area contributed by atoms with Crippen molar-refractivity contribution in [3.8, 4) is 0 Å². The Morgan fingerprint density at radius 1 is 1.00 bits per heavy atom. The normalized spacial score (nSPS) is 23.0. The van der Waals surface area contributed by atoms with Crippen molar-refractivity contribution in [3.05, 3.63) is 0 Å². The first-order valence-corrected chi connectivity index (χ1v) is 5.46. The zero-order chi connectivity index (χ0) is 8.97. The van der Waals surface area contributed by atoms with E-state index in [0.717, 1.165) is 12.0 Å². The van der Waals surface area contributed by atoms with Gasteiger partial charge in [-0.15, -0.1) is 0 Å². The first-order valence-electron chi connectivity index (χ1n) is 5.46. The minimum Gasteiger partial charge on any atom is -0.312 e. The quantitative estimate of drug-likeness (QED) is 0.685. The van der Waals surface area contributed by atoms with Crippen molar-refractivity contribution in [1.82, 2.24) is 5.32 Å². The third-order valence-electron chi connectivity index (χ3n) is 2.95. The van der Waals surface area contributed by atoms with Crippen LogP contribution in [0.25, 0.3) is 0 Å². The molecule has 0 aromatic rings. The topological polar surface area (TPSA) is 12.0 Å². The van der Waals surface area contributed by atoms with Gasteiger partial charge in [-0.3, -0.25) is 0 Å². The van der Waals surface area contributed by atoms with Gasteiger partial charge in [-0.25, -0.2) is 0 Å². The molecule has 72 valence electrons. The summed E-state index contributed by atoms with van der Waals surface area (Å²) in [6, 6.07) is 1.37. The molecule has 0 saturated heterocycles. The summed E-state index contributed by atoms with van der Waals surface area (Å²) in [5.41, 5.74) is 0. The highest BCUT2D eigenvalue weighted by Crippen LogP contribution is 2.26. The maximum Gasteiger partial charge on any atom is 0.00693 e. The molecule has 0 bridgehead atoms. The number of nitrogens with one attached hydrogen (secondary N) is 1. The molecule has 0 spiro atoms. The fourth-order valence-electron chi connectivity index (χ4n) is 2.30. The van der Waals surface area contributed by atoms with Gasteiger partial charge in [0.15, 0.2) is 0 Å². The van der Waals surface area contributed by atoms with E-state index in [9.17, 15) is 0 Å². The van der Waals surface area contributed by atoms with Crippen molar-refractivity contribution in [1.29, 1.82) is 0 Å². The predicted octanol–water partition coefficient (Wildman–Crippen LogP) is 2.95. The Labute approximate surface area is 76.9 Å². The van der Waals surface area contributed by atoms with Crippen molar-refractivity contribution in [2.45, 2.75) is 65.0 Å². The Bertz CT molecular complexity index is 114. The van der Waals surface area contributed by atoms with Crippen LogP contribution in [-0.4, -0.2) is 12.1 Å². The monoisotopic (exact) mass is 169 g/mol. The summed E-state index contributed by atoms with van der Waals surface area (Å²) in [6.07, 6.45) is 7.26. The second kappa shape index (κ2) is 4.86. The SMILES string of the molecule is CC(C)N[C@@H](C)C1CCCCC1. The molecule has 0 amide bonds. The molecular weight excluding hydrogens is 146 g/mol. The van der Waals surface area contributed by atoms with E-state index in [1.807, 2.05) is 0 Å². The fourth-order valence-corrected chi connectivity index (χ4v) is 2.30. The molecule has 1 saturated carbocycles. The minimum absolute atomic E-state index is 0.641. The number of hydrogen-bond acceptors (Lipinski definition) is 1. The molecule has 0 radical (unpaired) electrons. The highest BCUT2D eigenvalue weighted by Gasteiger charge is 2.19. The van der Waals surface area contributed by atoms with Crippen LogP contribution in [0.15, 0.2) is 0 Å². The van der Waals surface area contributed by atoms with E-state index >= 15 is 0 Å². The van der Waals surface area contributed by atoms with Crippen molar-refractivity contribution in [2.24, 2.45) is 5.92 Å². The van der Waals surface area contributed by atoms with Crippen LogP contribution < -0.4 is 5.32 Å². The zero-order valence-corrected chi connectivity index (χ0v) is 8.77. The van der Waals surface area contributed by atoms with Crippen LogP contribution in [0.1, 0.15) is 52.9 Å². The van der Waals surface area contributed by atoms with E-state index in [4.69, 9.17) is 0 Å². The van der Waals surface area contributed by atoms with Crippen molar-refractivity contribution in [3.63, 3.8) is 0 Å². The van der Waals surface area contributed by atoms with Crippen LogP contribution in [0.3, 0.4) is 0 Å². The number of hydrogen-bond donors (Lipinski definition) is 1. The lowest BCUT2D eigenvalue weighted by Crippen LogP contribution is -2.38.